The molecule has 3 nitrogen and oxygen atoms in total. The molecule has 0 saturated carbocycles. The molecule has 0 radical (unpaired) electrons. The third-order valence-electron chi connectivity index (χ3n) is 4.71. The maximum atomic E-state index is 13.1. The summed E-state index contributed by atoms with van der Waals surface area (Å²) >= 11 is 12.2. The normalized spacial score (nSPS) is 11.2. The van der Waals surface area contributed by atoms with Gasteiger partial charge in [-0.2, -0.15) is 0 Å². The quantitative estimate of drug-likeness (QED) is 0.468. The first kappa shape index (κ1) is 19.5. The van der Waals surface area contributed by atoms with Gasteiger partial charge in [-0.3, -0.25) is 4.79 Å². The Hall–Kier alpha value is -2.23. The van der Waals surface area contributed by atoms with Gasteiger partial charge >= 0.3 is 0 Å². The fraction of sp³-hybridized carbons (Fsp3) is 0.227. The Kier molecular flexibility index (Phi) is 5.64. The summed E-state index contributed by atoms with van der Waals surface area (Å²) < 4.78 is 1.98. The van der Waals surface area contributed by atoms with Crippen molar-refractivity contribution in [2.45, 2.75) is 33.2 Å². The molecule has 0 spiro atoms. The highest BCUT2D eigenvalue weighted by Crippen LogP contribution is 2.31. The number of hydrogen-bond acceptors (Lipinski definition) is 1. The van der Waals surface area contributed by atoms with Gasteiger partial charge in [-0.15, -0.1) is 6.58 Å². The molecule has 0 aliphatic heterocycles. The first-order chi connectivity index (χ1) is 12.8. The molecule has 5 heteroatoms. The van der Waals surface area contributed by atoms with Crippen LogP contribution in [0.1, 0.15) is 41.4 Å². The van der Waals surface area contributed by atoms with E-state index in [2.05, 4.69) is 43.9 Å². The molecule has 1 aromatic heterocycles. The fourth-order valence-electron chi connectivity index (χ4n) is 3.29. The SMILES string of the molecule is C=CCn1c(C(=O)Nc2cc(Cl)ccc2Cl)c(C)c2cc(C(C)C)ccc21. The van der Waals surface area contributed by atoms with E-state index in [1.54, 1.807) is 24.3 Å². The Morgan fingerprint density at radius 2 is 1.96 bits per heavy atom. The van der Waals surface area contributed by atoms with Gasteiger partial charge in [0.1, 0.15) is 5.69 Å². The van der Waals surface area contributed by atoms with E-state index in [0.29, 0.717) is 33.9 Å². The average molecular weight is 401 g/mol. The molecule has 1 amide bonds. The number of halogens is 2. The third kappa shape index (κ3) is 3.76. The first-order valence-electron chi connectivity index (χ1n) is 8.83. The van der Waals surface area contributed by atoms with Crippen LogP contribution in [0.5, 0.6) is 0 Å². The monoisotopic (exact) mass is 400 g/mol. The second kappa shape index (κ2) is 7.79. The van der Waals surface area contributed by atoms with E-state index in [0.717, 1.165) is 16.5 Å². The average Bonchev–Trinajstić information content (AvgIpc) is 2.90. The smallest absolute Gasteiger partial charge is 0.272 e. The number of aromatic nitrogens is 1. The molecule has 1 heterocycles. The van der Waals surface area contributed by atoms with Crippen molar-refractivity contribution in [3.8, 4) is 0 Å². The number of nitrogens with zero attached hydrogens (tertiary/aromatic N) is 1. The van der Waals surface area contributed by atoms with Gasteiger partial charge in [0.2, 0.25) is 0 Å². The van der Waals surface area contributed by atoms with E-state index >= 15 is 0 Å². The van der Waals surface area contributed by atoms with Crippen LogP contribution in [-0.4, -0.2) is 10.5 Å². The lowest BCUT2D eigenvalue weighted by Crippen LogP contribution is -2.18. The maximum absolute atomic E-state index is 13.1. The van der Waals surface area contributed by atoms with Crippen LogP contribution in [0.3, 0.4) is 0 Å². The number of benzene rings is 2. The van der Waals surface area contributed by atoms with Crippen LogP contribution in [0.15, 0.2) is 49.1 Å². The van der Waals surface area contributed by atoms with Crippen LogP contribution in [0.25, 0.3) is 10.9 Å². The Balaban J connectivity index is 2.12. The topological polar surface area (TPSA) is 34.0 Å². The summed E-state index contributed by atoms with van der Waals surface area (Å²) in [5.74, 6) is 0.194. The van der Waals surface area contributed by atoms with E-state index in [-0.39, 0.29) is 5.91 Å². The Morgan fingerprint density at radius 1 is 1.22 bits per heavy atom. The zero-order chi connectivity index (χ0) is 19.7. The van der Waals surface area contributed by atoms with Crippen molar-refractivity contribution in [1.29, 1.82) is 0 Å². The second-order valence-electron chi connectivity index (χ2n) is 6.88. The van der Waals surface area contributed by atoms with Gasteiger partial charge in [-0.05, 0) is 54.3 Å². The fourth-order valence-corrected chi connectivity index (χ4v) is 3.62. The predicted octanol–water partition coefficient (Wildman–Crippen LogP) is 6.82. The molecule has 0 unspecified atom stereocenters. The van der Waals surface area contributed by atoms with Crippen molar-refractivity contribution < 1.29 is 4.79 Å². The maximum Gasteiger partial charge on any atom is 0.272 e. The summed E-state index contributed by atoms with van der Waals surface area (Å²) in [4.78, 5) is 13.1. The van der Waals surface area contributed by atoms with E-state index in [4.69, 9.17) is 23.2 Å². The summed E-state index contributed by atoms with van der Waals surface area (Å²) in [5, 5.41) is 4.93. The van der Waals surface area contributed by atoms with Gasteiger partial charge in [0.25, 0.3) is 5.91 Å². The van der Waals surface area contributed by atoms with Crippen molar-refractivity contribution in [3.63, 3.8) is 0 Å². The van der Waals surface area contributed by atoms with Crippen molar-refractivity contribution in [2.75, 3.05) is 5.32 Å². The molecule has 3 rings (SSSR count). The van der Waals surface area contributed by atoms with Gasteiger partial charge in [0.05, 0.1) is 10.7 Å². The minimum absolute atomic E-state index is 0.221. The van der Waals surface area contributed by atoms with Gasteiger partial charge in [-0.1, -0.05) is 49.2 Å². The number of hydrogen-bond donors (Lipinski definition) is 1. The van der Waals surface area contributed by atoms with Crippen LogP contribution in [-0.2, 0) is 6.54 Å². The summed E-state index contributed by atoms with van der Waals surface area (Å²) in [6.45, 7) is 10.7. The zero-order valence-electron chi connectivity index (χ0n) is 15.6. The summed E-state index contributed by atoms with van der Waals surface area (Å²) in [6, 6.07) is 11.4. The molecule has 140 valence electrons. The largest absolute Gasteiger partial charge is 0.332 e. The van der Waals surface area contributed by atoms with Crippen LogP contribution in [0.4, 0.5) is 5.69 Å². The number of rotatable bonds is 5. The molecule has 2 aromatic carbocycles. The number of fused-ring (bicyclic) bond motifs is 1. The third-order valence-corrected chi connectivity index (χ3v) is 5.28. The lowest BCUT2D eigenvalue weighted by molar-refractivity contribution is 0.101. The molecular formula is C22H22Cl2N2O. The Bertz CT molecular complexity index is 1030. The molecule has 0 aliphatic rings. The molecule has 0 saturated heterocycles. The molecular weight excluding hydrogens is 379 g/mol. The summed E-state index contributed by atoms with van der Waals surface area (Å²) in [7, 11) is 0. The number of allylic oxidation sites excluding steroid dienone is 1. The predicted molar refractivity (Wildman–Crippen MR) is 115 cm³/mol. The summed E-state index contributed by atoms with van der Waals surface area (Å²) in [5.41, 5.74) is 4.28. The van der Waals surface area contributed by atoms with Gasteiger partial charge in [0.15, 0.2) is 0 Å². The minimum atomic E-state index is -0.221. The number of carbonyl (C=O) groups is 1. The van der Waals surface area contributed by atoms with Crippen LogP contribution in [0, 0.1) is 6.92 Å². The number of carbonyl (C=O) groups excluding carboxylic acids is 1. The Morgan fingerprint density at radius 3 is 2.63 bits per heavy atom. The lowest BCUT2D eigenvalue weighted by atomic mass is 10.0. The zero-order valence-corrected chi connectivity index (χ0v) is 17.2. The molecule has 0 bridgehead atoms. The number of anilines is 1. The number of nitrogens with one attached hydrogen (secondary N) is 1. The van der Waals surface area contributed by atoms with Crippen molar-refractivity contribution in [2.24, 2.45) is 0 Å². The van der Waals surface area contributed by atoms with E-state index in [1.165, 1.54) is 5.56 Å². The highest BCUT2D eigenvalue weighted by atomic mass is 35.5. The van der Waals surface area contributed by atoms with E-state index in [9.17, 15) is 4.79 Å². The Labute approximate surface area is 169 Å². The van der Waals surface area contributed by atoms with Gasteiger partial charge < -0.3 is 9.88 Å². The van der Waals surface area contributed by atoms with Crippen LogP contribution in [0.2, 0.25) is 10.0 Å². The number of amides is 1. The van der Waals surface area contributed by atoms with E-state index < -0.39 is 0 Å². The highest BCUT2D eigenvalue weighted by molar-refractivity contribution is 6.36. The molecule has 0 fully saturated rings. The van der Waals surface area contributed by atoms with Crippen LogP contribution < -0.4 is 5.32 Å². The van der Waals surface area contributed by atoms with Gasteiger partial charge in [-0.25, -0.2) is 0 Å². The lowest BCUT2D eigenvalue weighted by Gasteiger charge is -2.11. The van der Waals surface area contributed by atoms with Crippen molar-refractivity contribution in [1.82, 2.24) is 4.57 Å². The van der Waals surface area contributed by atoms with Crippen molar-refractivity contribution >= 4 is 45.7 Å². The highest BCUT2D eigenvalue weighted by Gasteiger charge is 2.21. The second-order valence-corrected chi connectivity index (χ2v) is 7.73. The molecule has 0 atom stereocenters. The van der Waals surface area contributed by atoms with Gasteiger partial charge in [0, 0.05) is 22.5 Å². The van der Waals surface area contributed by atoms with Crippen molar-refractivity contribution in [3.05, 3.63) is 75.9 Å². The molecule has 3 aromatic rings. The first-order valence-corrected chi connectivity index (χ1v) is 9.59. The minimum Gasteiger partial charge on any atom is -0.332 e. The van der Waals surface area contributed by atoms with E-state index in [1.807, 2.05) is 11.5 Å². The number of aryl methyl sites for hydroxylation is 1. The molecule has 1 N–H and O–H groups in total. The summed E-state index contributed by atoms with van der Waals surface area (Å²) in [6.07, 6.45) is 1.79. The standard InChI is InChI=1S/C22H22Cl2N2O/c1-5-10-26-20-9-6-15(13(2)3)11-17(20)14(4)21(26)22(27)25-19-12-16(23)7-8-18(19)24/h5-9,11-13H,1,10H2,2-4H3,(H,25,27). The molecule has 0 aliphatic carbocycles. The van der Waals surface area contributed by atoms with Crippen LogP contribution >= 0.6 is 23.2 Å². The molecule has 27 heavy (non-hydrogen) atoms.